The van der Waals surface area contributed by atoms with E-state index in [0.717, 1.165) is 30.6 Å². The van der Waals surface area contributed by atoms with Gasteiger partial charge in [-0.1, -0.05) is 0 Å². The normalized spacial score (nSPS) is 14.0. The summed E-state index contributed by atoms with van der Waals surface area (Å²) < 4.78 is 0. The molecule has 0 unspecified atom stereocenters. The van der Waals surface area contributed by atoms with Crippen molar-refractivity contribution < 1.29 is 9.90 Å². The summed E-state index contributed by atoms with van der Waals surface area (Å²) in [5.74, 6) is -0.234. The molecule has 3 rings (SSSR count). The Labute approximate surface area is 110 Å². The van der Waals surface area contributed by atoms with Gasteiger partial charge in [-0.3, -0.25) is 0 Å². The maximum atomic E-state index is 11.0. The molecule has 1 N–H and O–H groups in total. The lowest BCUT2D eigenvalue weighted by Crippen LogP contribution is -2.26. The molecule has 0 atom stereocenters. The Morgan fingerprint density at radius 1 is 1.26 bits per heavy atom. The monoisotopic (exact) mass is 255 g/mol. The Morgan fingerprint density at radius 2 is 2.05 bits per heavy atom. The Kier molecular flexibility index (Phi) is 2.87. The summed E-state index contributed by atoms with van der Waals surface area (Å²) in [7, 11) is 0. The predicted molar refractivity (Wildman–Crippen MR) is 70.8 cm³/mol. The van der Waals surface area contributed by atoms with E-state index in [1.54, 1.807) is 30.6 Å². The van der Waals surface area contributed by atoms with Crippen LogP contribution in [0.3, 0.4) is 0 Å². The van der Waals surface area contributed by atoms with Crippen LogP contribution in [-0.2, 0) is 6.42 Å². The van der Waals surface area contributed by atoms with E-state index in [-0.39, 0.29) is 0 Å². The number of hydrogen-bond acceptors (Lipinski definition) is 4. The molecule has 0 amide bonds. The van der Waals surface area contributed by atoms with Crippen molar-refractivity contribution in [2.24, 2.45) is 0 Å². The van der Waals surface area contributed by atoms with E-state index in [1.807, 2.05) is 11.0 Å². The third-order valence-electron chi connectivity index (χ3n) is 3.24. The van der Waals surface area contributed by atoms with Crippen molar-refractivity contribution in [3.05, 3.63) is 47.8 Å². The molecule has 5 nitrogen and oxygen atoms in total. The third kappa shape index (κ3) is 2.14. The van der Waals surface area contributed by atoms with E-state index in [1.165, 1.54) is 0 Å². The molecule has 1 aromatic heterocycles. The van der Waals surface area contributed by atoms with Gasteiger partial charge in [0.1, 0.15) is 0 Å². The molecule has 2 heterocycles. The van der Waals surface area contributed by atoms with Gasteiger partial charge in [-0.25, -0.2) is 14.8 Å². The molecule has 2 aromatic rings. The zero-order chi connectivity index (χ0) is 13.2. The summed E-state index contributed by atoms with van der Waals surface area (Å²) in [5.41, 5.74) is 2.37. The molecule has 0 spiro atoms. The van der Waals surface area contributed by atoms with E-state index in [0.29, 0.717) is 11.5 Å². The summed E-state index contributed by atoms with van der Waals surface area (Å²) in [4.78, 5) is 21.5. The largest absolute Gasteiger partial charge is 0.478 e. The molecule has 0 aliphatic carbocycles. The Balaban J connectivity index is 2.03. The van der Waals surface area contributed by atoms with E-state index in [9.17, 15) is 4.79 Å². The molecule has 0 radical (unpaired) electrons. The van der Waals surface area contributed by atoms with E-state index in [2.05, 4.69) is 9.97 Å². The van der Waals surface area contributed by atoms with Gasteiger partial charge >= 0.3 is 5.97 Å². The molecule has 96 valence electrons. The van der Waals surface area contributed by atoms with Crippen LogP contribution in [-0.4, -0.2) is 27.6 Å². The molecular weight excluding hydrogens is 242 g/mol. The van der Waals surface area contributed by atoms with Crippen molar-refractivity contribution in [3.8, 4) is 0 Å². The second-order valence-corrected chi connectivity index (χ2v) is 4.45. The van der Waals surface area contributed by atoms with Crippen LogP contribution in [0.5, 0.6) is 0 Å². The van der Waals surface area contributed by atoms with Gasteiger partial charge in [0.2, 0.25) is 5.95 Å². The van der Waals surface area contributed by atoms with Crippen molar-refractivity contribution in [3.63, 3.8) is 0 Å². The summed E-state index contributed by atoms with van der Waals surface area (Å²) in [6, 6.07) is 6.99. The van der Waals surface area contributed by atoms with E-state index < -0.39 is 5.97 Å². The van der Waals surface area contributed by atoms with Gasteiger partial charge in [-0.15, -0.1) is 0 Å². The minimum Gasteiger partial charge on any atom is -0.478 e. The molecule has 0 fully saturated rings. The molecule has 0 saturated heterocycles. The van der Waals surface area contributed by atoms with Gasteiger partial charge in [0.15, 0.2) is 0 Å². The second-order valence-electron chi connectivity index (χ2n) is 4.45. The molecule has 0 bridgehead atoms. The fourth-order valence-electron chi connectivity index (χ4n) is 2.37. The number of hydrogen-bond donors (Lipinski definition) is 1. The van der Waals surface area contributed by atoms with Gasteiger partial charge in [0.05, 0.1) is 5.56 Å². The number of anilines is 2. The number of benzene rings is 1. The summed E-state index contributed by atoms with van der Waals surface area (Å²) in [5, 5.41) is 9.03. The summed E-state index contributed by atoms with van der Waals surface area (Å²) in [6.45, 7) is 0.851. The van der Waals surface area contributed by atoms with E-state index >= 15 is 0 Å². The van der Waals surface area contributed by atoms with Crippen LogP contribution in [0.15, 0.2) is 36.7 Å². The first-order valence-corrected chi connectivity index (χ1v) is 6.16. The van der Waals surface area contributed by atoms with Crippen molar-refractivity contribution in [2.45, 2.75) is 12.8 Å². The number of aromatic carboxylic acids is 1. The summed E-state index contributed by atoms with van der Waals surface area (Å²) in [6.07, 6.45) is 5.28. The molecule has 5 heteroatoms. The van der Waals surface area contributed by atoms with Gasteiger partial charge in [-0.2, -0.15) is 0 Å². The third-order valence-corrected chi connectivity index (χ3v) is 3.24. The standard InChI is InChI=1S/C14H13N3O2/c18-13(19)11-4-5-12-10(9-11)3-1-8-17(12)14-15-6-2-7-16-14/h2,4-7,9H,1,3,8H2,(H,18,19). The number of aromatic nitrogens is 2. The smallest absolute Gasteiger partial charge is 0.335 e. The number of aryl methyl sites for hydroxylation is 1. The first kappa shape index (κ1) is 11.6. The van der Waals surface area contributed by atoms with Gasteiger partial charge in [-0.05, 0) is 42.7 Å². The zero-order valence-electron chi connectivity index (χ0n) is 10.3. The van der Waals surface area contributed by atoms with Crippen LogP contribution in [0.1, 0.15) is 22.3 Å². The highest BCUT2D eigenvalue weighted by molar-refractivity contribution is 5.89. The van der Waals surface area contributed by atoms with Crippen LogP contribution in [0.25, 0.3) is 0 Å². The van der Waals surface area contributed by atoms with Gasteiger partial charge in [0, 0.05) is 24.6 Å². The minimum absolute atomic E-state index is 0.328. The van der Waals surface area contributed by atoms with Crippen molar-refractivity contribution in [1.29, 1.82) is 0 Å². The number of carbonyl (C=O) groups is 1. The van der Waals surface area contributed by atoms with Crippen LogP contribution in [0.4, 0.5) is 11.6 Å². The Hall–Kier alpha value is -2.43. The first-order valence-electron chi connectivity index (χ1n) is 6.16. The van der Waals surface area contributed by atoms with Crippen LogP contribution < -0.4 is 4.90 Å². The summed E-state index contributed by atoms with van der Waals surface area (Å²) >= 11 is 0. The van der Waals surface area contributed by atoms with Crippen LogP contribution in [0, 0.1) is 0 Å². The first-order chi connectivity index (χ1) is 9.25. The van der Waals surface area contributed by atoms with Crippen LogP contribution in [0.2, 0.25) is 0 Å². The highest BCUT2D eigenvalue weighted by atomic mass is 16.4. The maximum Gasteiger partial charge on any atom is 0.335 e. The molecule has 0 saturated carbocycles. The Morgan fingerprint density at radius 3 is 2.79 bits per heavy atom. The topological polar surface area (TPSA) is 66.3 Å². The SMILES string of the molecule is O=C(O)c1ccc2c(c1)CCCN2c1ncccn1. The lowest BCUT2D eigenvalue weighted by Gasteiger charge is -2.29. The molecule has 1 aliphatic heterocycles. The van der Waals surface area contributed by atoms with Crippen LogP contribution >= 0.6 is 0 Å². The fraction of sp³-hybridized carbons (Fsp3) is 0.214. The molecule has 1 aromatic carbocycles. The lowest BCUT2D eigenvalue weighted by molar-refractivity contribution is 0.0697. The van der Waals surface area contributed by atoms with Crippen molar-refractivity contribution >= 4 is 17.6 Å². The number of carboxylic acids is 1. The Bertz CT molecular complexity index is 613. The minimum atomic E-state index is -0.893. The molecule has 19 heavy (non-hydrogen) atoms. The zero-order valence-corrected chi connectivity index (χ0v) is 10.3. The number of fused-ring (bicyclic) bond motifs is 1. The number of rotatable bonds is 2. The highest BCUT2D eigenvalue weighted by Gasteiger charge is 2.21. The van der Waals surface area contributed by atoms with Gasteiger partial charge in [0.25, 0.3) is 0 Å². The average Bonchev–Trinajstić information content (AvgIpc) is 2.47. The van der Waals surface area contributed by atoms with Crippen molar-refractivity contribution in [1.82, 2.24) is 9.97 Å². The number of carboxylic acid groups (broad SMARTS) is 1. The fourth-order valence-corrected chi connectivity index (χ4v) is 2.37. The predicted octanol–water partition coefficient (Wildman–Crippen LogP) is 2.26. The molecular formula is C14H13N3O2. The number of nitrogens with zero attached hydrogens (tertiary/aromatic N) is 3. The van der Waals surface area contributed by atoms with Crippen molar-refractivity contribution in [2.75, 3.05) is 11.4 Å². The second kappa shape index (κ2) is 4.68. The lowest BCUT2D eigenvalue weighted by atomic mass is 9.99. The van der Waals surface area contributed by atoms with E-state index in [4.69, 9.17) is 5.11 Å². The molecule has 1 aliphatic rings. The quantitative estimate of drug-likeness (QED) is 0.891. The average molecular weight is 255 g/mol. The van der Waals surface area contributed by atoms with Gasteiger partial charge < -0.3 is 10.0 Å². The highest BCUT2D eigenvalue weighted by Crippen LogP contribution is 2.31. The maximum absolute atomic E-state index is 11.0.